The van der Waals surface area contributed by atoms with E-state index in [2.05, 4.69) is 24.1 Å². The van der Waals surface area contributed by atoms with E-state index in [0.29, 0.717) is 17.6 Å². The second-order valence-corrected chi connectivity index (χ2v) is 6.25. The van der Waals surface area contributed by atoms with Gasteiger partial charge in [0, 0.05) is 12.7 Å². The molecule has 0 spiro atoms. The summed E-state index contributed by atoms with van der Waals surface area (Å²) in [7, 11) is 0. The van der Waals surface area contributed by atoms with Crippen LogP contribution in [-0.4, -0.2) is 22.2 Å². The number of nitrogen functional groups attached to an aromatic ring is 1. The van der Waals surface area contributed by atoms with Gasteiger partial charge >= 0.3 is 0 Å². The molecule has 0 amide bonds. The first-order chi connectivity index (χ1) is 8.39. The summed E-state index contributed by atoms with van der Waals surface area (Å²) in [6.07, 6.45) is 7.18. The lowest BCUT2D eigenvalue weighted by Gasteiger charge is -2.40. The number of nitrogens with two attached hydrogens (primary N) is 1. The summed E-state index contributed by atoms with van der Waals surface area (Å²) in [4.78, 5) is 4.02. The maximum Gasteiger partial charge on any atom is 0.0819 e. The van der Waals surface area contributed by atoms with Crippen LogP contribution in [-0.2, 0) is 0 Å². The Morgan fingerprint density at radius 3 is 2.56 bits per heavy atom. The Hall–Kier alpha value is -1.29. The molecule has 0 bridgehead atoms. The number of hydrogen-bond acceptors (Lipinski definition) is 4. The number of nitrogens with zero attached hydrogens (tertiary/aromatic N) is 1. The Labute approximate surface area is 109 Å². The molecule has 4 heteroatoms. The molecule has 1 saturated carbocycles. The van der Waals surface area contributed by atoms with Crippen LogP contribution in [0.4, 0.5) is 11.4 Å². The van der Waals surface area contributed by atoms with Gasteiger partial charge in [0.1, 0.15) is 0 Å². The maximum atomic E-state index is 10.5. The molecular formula is C14H23N3O. The average molecular weight is 249 g/mol. The van der Waals surface area contributed by atoms with Crippen LogP contribution in [0.5, 0.6) is 0 Å². The SMILES string of the molecule is CC1(C)CCC(O)(CNc2cncc(N)c2)CC1. The van der Waals surface area contributed by atoms with Crippen LogP contribution in [0.1, 0.15) is 39.5 Å². The van der Waals surface area contributed by atoms with E-state index in [0.717, 1.165) is 31.4 Å². The highest BCUT2D eigenvalue weighted by Crippen LogP contribution is 2.40. The van der Waals surface area contributed by atoms with Crippen molar-refractivity contribution in [3.63, 3.8) is 0 Å². The normalized spacial score (nSPS) is 21.5. The van der Waals surface area contributed by atoms with Crippen LogP contribution >= 0.6 is 0 Å². The quantitative estimate of drug-likeness (QED) is 0.769. The molecule has 0 aromatic carbocycles. The summed E-state index contributed by atoms with van der Waals surface area (Å²) in [6.45, 7) is 5.10. The molecular weight excluding hydrogens is 226 g/mol. The summed E-state index contributed by atoms with van der Waals surface area (Å²) >= 11 is 0. The smallest absolute Gasteiger partial charge is 0.0819 e. The lowest BCUT2D eigenvalue weighted by Crippen LogP contribution is -2.42. The molecule has 1 aromatic rings. The van der Waals surface area contributed by atoms with E-state index in [4.69, 9.17) is 5.73 Å². The van der Waals surface area contributed by atoms with Gasteiger partial charge in [0.2, 0.25) is 0 Å². The second-order valence-electron chi connectivity index (χ2n) is 6.25. The largest absolute Gasteiger partial charge is 0.397 e. The van der Waals surface area contributed by atoms with Gasteiger partial charge in [0.25, 0.3) is 0 Å². The van der Waals surface area contributed by atoms with Crippen molar-refractivity contribution in [3.05, 3.63) is 18.5 Å². The second kappa shape index (κ2) is 4.76. The fraction of sp³-hybridized carbons (Fsp3) is 0.643. The third kappa shape index (κ3) is 3.35. The Balaban J connectivity index is 1.90. The van der Waals surface area contributed by atoms with Crippen LogP contribution in [0.2, 0.25) is 0 Å². The fourth-order valence-corrected chi connectivity index (χ4v) is 2.39. The van der Waals surface area contributed by atoms with E-state index in [1.807, 2.05) is 6.07 Å². The van der Waals surface area contributed by atoms with E-state index in [1.165, 1.54) is 0 Å². The zero-order chi connectivity index (χ0) is 13.2. The van der Waals surface area contributed by atoms with Gasteiger partial charge in [-0.05, 0) is 37.2 Å². The number of aromatic nitrogens is 1. The Morgan fingerprint density at radius 1 is 1.28 bits per heavy atom. The molecule has 0 atom stereocenters. The number of pyridine rings is 1. The van der Waals surface area contributed by atoms with Gasteiger partial charge in [0.05, 0.1) is 23.2 Å². The van der Waals surface area contributed by atoms with Gasteiger partial charge in [-0.15, -0.1) is 0 Å². The first-order valence-electron chi connectivity index (χ1n) is 6.55. The molecule has 100 valence electrons. The van der Waals surface area contributed by atoms with Crippen molar-refractivity contribution < 1.29 is 5.11 Å². The molecule has 18 heavy (non-hydrogen) atoms. The molecule has 1 heterocycles. The number of anilines is 2. The van der Waals surface area contributed by atoms with Crippen molar-refractivity contribution in [2.45, 2.75) is 45.1 Å². The van der Waals surface area contributed by atoms with Crippen LogP contribution < -0.4 is 11.1 Å². The third-order valence-corrected chi connectivity index (χ3v) is 3.92. The number of rotatable bonds is 3. The summed E-state index contributed by atoms with van der Waals surface area (Å²) < 4.78 is 0. The lowest BCUT2D eigenvalue weighted by molar-refractivity contribution is -0.0145. The maximum absolute atomic E-state index is 10.5. The molecule has 0 saturated heterocycles. The number of nitrogens with one attached hydrogen (secondary N) is 1. The molecule has 0 aliphatic heterocycles. The van der Waals surface area contributed by atoms with Gasteiger partial charge in [0.15, 0.2) is 0 Å². The van der Waals surface area contributed by atoms with Crippen molar-refractivity contribution in [2.75, 3.05) is 17.6 Å². The van der Waals surface area contributed by atoms with Gasteiger partial charge < -0.3 is 16.2 Å². The first-order valence-corrected chi connectivity index (χ1v) is 6.55. The molecule has 1 aromatic heterocycles. The highest BCUT2D eigenvalue weighted by molar-refractivity contribution is 5.51. The summed E-state index contributed by atoms with van der Waals surface area (Å²) in [5.74, 6) is 0. The molecule has 1 aliphatic rings. The van der Waals surface area contributed by atoms with Crippen molar-refractivity contribution >= 4 is 11.4 Å². The van der Waals surface area contributed by atoms with Crippen LogP contribution in [0.3, 0.4) is 0 Å². The molecule has 0 unspecified atom stereocenters. The molecule has 1 aliphatic carbocycles. The molecule has 4 N–H and O–H groups in total. The molecule has 1 fully saturated rings. The summed E-state index contributed by atoms with van der Waals surface area (Å²) in [5, 5.41) is 13.8. The van der Waals surface area contributed by atoms with Gasteiger partial charge in [-0.3, -0.25) is 4.98 Å². The standard InChI is InChI=1S/C14H23N3O/c1-13(2)3-5-14(18,6-4-13)10-17-12-7-11(15)8-16-9-12/h7-9,17-18H,3-6,10,15H2,1-2H3. The summed E-state index contributed by atoms with van der Waals surface area (Å²) in [6, 6.07) is 1.84. The van der Waals surface area contributed by atoms with Gasteiger partial charge in [-0.1, -0.05) is 13.8 Å². The van der Waals surface area contributed by atoms with Crippen molar-refractivity contribution in [3.8, 4) is 0 Å². The highest BCUT2D eigenvalue weighted by Gasteiger charge is 2.36. The summed E-state index contributed by atoms with van der Waals surface area (Å²) in [5.41, 5.74) is 6.94. The lowest BCUT2D eigenvalue weighted by atomic mass is 9.71. The molecule has 2 rings (SSSR count). The predicted octanol–water partition coefficient (Wildman–Crippen LogP) is 2.41. The van der Waals surface area contributed by atoms with Gasteiger partial charge in [-0.25, -0.2) is 0 Å². The van der Waals surface area contributed by atoms with Crippen molar-refractivity contribution in [2.24, 2.45) is 5.41 Å². The first kappa shape index (κ1) is 13.1. The zero-order valence-electron chi connectivity index (χ0n) is 11.2. The predicted molar refractivity (Wildman–Crippen MR) is 74.3 cm³/mol. The Kier molecular flexibility index (Phi) is 3.48. The Bertz CT molecular complexity index is 407. The minimum Gasteiger partial charge on any atom is -0.397 e. The van der Waals surface area contributed by atoms with Crippen LogP contribution in [0.15, 0.2) is 18.5 Å². The van der Waals surface area contributed by atoms with E-state index in [1.54, 1.807) is 12.4 Å². The fourth-order valence-electron chi connectivity index (χ4n) is 2.39. The van der Waals surface area contributed by atoms with Crippen LogP contribution in [0.25, 0.3) is 0 Å². The Morgan fingerprint density at radius 2 is 1.94 bits per heavy atom. The topological polar surface area (TPSA) is 71.2 Å². The minimum atomic E-state index is -0.597. The highest BCUT2D eigenvalue weighted by atomic mass is 16.3. The van der Waals surface area contributed by atoms with Crippen LogP contribution in [0, 0.1) is 5.41 Å². The van der Waals surface area contributed by atoms with Crippen molar-refractivity contribution in [1.29, 1.82) is 0 Å². The van der Waals surface area contributed by atoms with E-state index in [-0.39, 0.29) is 0 Å². The van der Waals surface area contributed by atoms with Gasteiger partial charge in [-0.2, -0.15) is 0 Å². The number of hydrogen-bond donors (Lipinski definition) is 3. The molecule has 4 nitrogen and oxygen atoms in total. The zero-order valence-corrected chi connectivity index (χ0v) is 11.2. The third-order valence-electron chi connectivity index (χ3n) is 3.92. The number of aliphatic hydroxyl groups is 1. The van der Waals surface area contributed by atoms with E-state index < -0.39 is 5.60 Å². The van der Waals surface area contributed by atoms with E-state index in [9.17, 15) is 5.11 Å². The van der Waals surface area contributed by atoms with E-state index >= 15 is 0 Å². The monoisotopic (exact) mass is 249 g/mol. The minimum absolute atomic E-state index is 0.366. The van der Waals surface area contributed by atoms with Crippen molar-refractivity contribution in [1.82, 2.24) is 4.98 Å². The molecule has 0 radical (unpaired) electrons. The average Bonchev–Trinajstić information content (AvgIpc) is 2.32.